The van der Waals surface area contributed by atoms with Crippen LogP contribution < -0.4 is 14.8 Å². The Morgan fingerprint density at radius 2 is 1.66 bits per heavy atom. The Kier molecular flexibility index (Phi) is 9.95. The highest BCUT2D eigenvalue weighted by atomic mass is 35.5. The minimum Gasteiger partial charge on any atom is -0.497 e. The first-order chi connectivity index (χ1) is 17.0. The number of aliphatic hydroxyl groups excluding tert-OH is 1. The van der Waals surface area contributed by atoms with Gasteiger partial charge in [-0.2, -0.15) is 0 Å². The van der Waals surface area contributed by atoms with Crippen LogP contribution in [-0.2, 0) is 22.6 Å². The van der Waals surface area contributed by atoms with Gasteiger partial charge in [-0.3, -0.25) is 9.59 Å². The van der Waals surface area contributed by atoms with Crippen LogP contribution in [-0.4, -0.2) is 54.7 Å². The number of hydrogen-bond acceptors (Lipinski definition) is 5. The number of para-hydroxylation sites is 1. The smallest absolute Gasteiger partial charge is 0.261 e. The second-order valence-electron chi connectivity index (χ2n) is 7.81. The largest absolute Gasteiger partial charge is 0.497 e. The lowest BCUT2D eigenvalue weighted by Crippen LogP contribution is -2.52. The molecule has 0 aliphatic rings. The average molecular weight is 497 g/mol. The van der Waals surface area contributed by atoms with Crippen molar-refractivity contribution in [3.8, 4) is 11.5 Å². The monoisotopic (exact) mass is 496 g/mol. The Balaban J connectivity index is 1.89. The summed E-state index contributed by atoms with van der Waals surface area (Å²) >= 11 is 6.17. The van der Waals surface area contributed by atoms with Crippen molar-refractivity contribution >= 4 is 23.4 Å². The van der Waals surface area contributed by atoms with Gasteiger partial charge in [0.15, 0.2) is 6.61 Å². The Labute approximate surface area is 210 Å². The Bertz CT molecular complexity index is 1090. The van der Waals surface area contributed by atoms with Gasteiger partial charge in [0.1, 0.15) is 17.5 Å². The SMILES string of the molecule is COc1ccc(CN(C(=O)COc2ccccc2Cl)[C@H](Cc2ccccc2)C(=O)NCCO)cc1. The lowest BCUT2D eigenvalue weighted by molar-refractivity contribution is -0.142. The van der Waals surface area contributed by atoms with Crippen LogP contribution >= 0.6 is 11.6 Å². The van der Waals surface area contributed by atoms with E-state index in [9.17, 15) is 14.7 Å². The number of nitrogens with one attached hydrogen (secondary N) is 1. The van der Waals surface area contributed by atoms with Crippen molar-refractivity contribution in [2.75, 3.05) is 26.9 Å². The van der Waals surface area contributed by atoms with Crippen molar-refractivity contribution in [3.05, 3.63) is 95.0 Å². The molecular formula is C27H29ClN2O5. The van der Waals surface area contributed by atoms with E-state index >= 15 is 0 Å². The van der Waals surface area contributed by atoms with Crippen LogP contribution in [0.15, 0.2) is 78.9 Å². The molecule has 0 heterocycles. The molecule has 0 unspecified atom stereocenters. The molecule has 0 fully saturated rings. The third-order valence-electron chi connectivity index (χ3n) is 5.38. The lowest BCUT2D eigenvalue weighted by Gasteiger charge is -2.31. The summed E-state index contributed by atoms with van der Waals surface area (Å²) in [4.78, 5) is 28.1. The summed E-state index contributed by atoms with van der Waals surface area (Å²) in [5.74, 6) is 0.342. The molecule has 2 amide bonds. The van der Waals surface area contributed by atoms with Gasteiger partial charge in [0.2, 0.25) is 5.91 Å². The molecule has 0 saturated heterocycles. The molecule has 184 valence electrons. The van der Waals surface area contributed by atoms with Crippen LogP contribution in [0.2, 0.25) is 5.02 Å². The highest BCUT2D eigenvalue weighted by molar-refractivity contribution is 6.32. The molecule has 35 heavy (non-hydrogen) atoms. The van der Waals surface area contributed by atoms with Gasteiger partial charge in [-0.05, 0) is 35.4 Å². The van der Waals surface area contributed by atoms with E-state index in [4.69, 9.17) is 21.1 Å². The summed E-state index contributed by atoms with van der Waals surface area (Å²) in [6.07, 6.45) is 0.298. The highest BCUT2D eigenvalue weighted by Gasteiger charge is 2.30. The molecule has 0 aliphatic carbocycles. The number of carbonyl (C=O) groups excluding carboxylic acids is 2. The van der Waals surface area contributed by atoms with Crippen LogP contribution in [0, 0.1) is 0 Å². The van der Waals surface area contributed by atoms with E-state index in [1.54, 1.807) is 43.5 Å². The molecule has 0 saturated carbocycles. The topological polar surface area (TPSA) is 88.1 Å². The maximum absolute atomic E-state index is 13.5. The van der Waals surface area contributed by atoms with E-state index in [0.717, 1.165) is 11.1 Å². The van der Waals surface area contributed by atoms with E-state index in [0.29, 0.717) is 22.9 Å². The molecule has 0 aromatic heterocycles. The van der Waals surface area contributed by atoms with Crippen molar-refractivity contribution in [2.24, 2.45) is 0 Å². The number of rotatable bonds is 12. The standard InChI is InChI=1S/C27H29ClN2O5/c1-34-22-13-11-21(12-14-22)18-30(26(32)19-35-25-10-6-5-9-23(25)28)24(27(33)29-15-16-31)17-20-7-3-2-4-8-20/h2-14,24,31H,15-19H2,1H3,(H,29,33)/t24-/m1/s1. The van der Waals surface area contributed by atoms with Crippen LogP contribution in [0.3, 0.4) is 0 Å². The van der Waals surface area contributed by atoms with Crippen molar-refractivity contribution in [2.45, 2.75) is 19.0 Å². The fraction of sp³-hybridized carbons (Fsp3) is 0.259. The fourth-order valence-corrected chi connectivity index (χ4v) is 3.75. The predicted molar refractivity (Wildman–Crippen MR) is 135 cm³/mol. The molecule has 2 N–H and O–H groups in total. The normalized spacial score (nSPS) is 11.4. The van der Waals surface area contributed by atoms with Crippen LogP contribution in [0.25, 0.3) is 0 Å². The molecule has 0 bridgehead atoms. The maximum Gasteiger partial charge on any atom is 0.261 e. The quantitative estimate of drug-likeness (QED) is 0.401. The molecule has 3 rings (SSSR count). The summed E-state index contributed by atoms with van der Waals surface area (Å²) in [5, 5.41) is 12.3. The van der Waals surface area contributed by atoms with Gasteiger partial charge >= 0.3 is 0 Å². The van der Waals surface area contributed by atoms with Gasteiger partial charge in [-0.15, -0.1) is 0 Å². The Morgan fingerprint density at radius 3 is 2.31 bits per heavy atom. The number of ether oxygens (including phenoxy) is 2. The first-order valence-corrected chi connectivity index (χ1v) is 11.6. The number of nitrogens with zero attached hydrogens (tertiary/aromatic N) is 1. The van der Waals surface area contributed by atoms with Crippen LogP contribution in [0.5, 0.6) is 11.5 Å². The molecule has 7 nitrogen and oxygen atoms in total. The van der Waals surface area contributed by atoms with E-state index < -0.39 is 6.04 Å². The Hall–Kier alpha value is -3.55. The average Bonchev–Trinajstić information content (AvgIpc) is 2.89. The maximum atomic E-state index is 13.5. The molecule has 3 aromatic rings. The number of hydrogen-bond donors (Lipinski definition) is 2. The van der Waals surface area contributed by atoms with Crippen LogP contribution in [0.4, 0.5) is 0 Å². The zero-order chi connectivity index (χ0) is 25.0. The van der Waals surface area contributed by atoms with Gasteiger partial charge in [0.05, 0.1) is 18.7 Å². The number of carbonyl (C=O) groups is 2. The lowest BCUT2D eigenvalue weighted by atomic mass is 10.0. The second kappa shape index (κ2) is 13.4. The van der Waals surface area contributed by atoms with Gasteiger partial charge in [-0.1, -0.05) is 66.2 Å². The van der Waals surface area contributed by atoms with Crippen molar-refractivity contribution in [3.63, 3.8) is 0 Å². The third-order valence-corrected chi connectivity index (χ3v) is 5.69. The molecule has 0 aliphatic heterocycles. The number of halogens is 1. The second-order valence-corrected chi connectivity index (χ2v) is 8.22. The first-order valence-electron chi connectivity index (χ1n) is 11.2. The number of aliphatic hydroxyl groups is 1. The third kappa shape index (κ3) is 7.73. The summed E-state index contributed by atoms with van der Waals surface area (Å²) in [7, 11) is 1.58. The van der Waals surface area contributed by atoms with Crippen molar-refractivity contribution in [1.29, 1.82) is 0 Å². The van der Waals surface area contributed by atoms with E-state index in [2.05, 4.69) is 5.32 Å². The number of benzene rings is 3. The van der Waals surface area contributed by atoms with Crippen molar-refractivity contribution < 1.29 is 24.2 Å². The van der Waals surface area contributed by atoms with Gasteiger partial charge in [-0.25, -0.2) is 0 Å². The molecule has 3 aromatic carbocycles. The zero-order valence-corrected chi connectivity index (χ0v) is 20.3. The first kappa shape index (κ1) is 26.1. The summed E-state index contributed by atoms with van der Waals surface area (Å²) in [5.41, 5.74) is 1.72. The zero-order valence-electron chi connectivity index (χ0n) is 19.5. The van der Waals surface area contributed by atoms with E-state index in [-0.39, 0.29) is 38.1 Å². The summed E-state index contributed by atoms with van der Waals surface area (Å²) in [6, 6.07) is 22.8. The number of amides is 2. The molecular weight excluding hydrogens is 468 g/mol. The van der Waals surface area contributed by atoms with E-state index in [1.165, 1.54) is 4.90 Å². The molecule has 0 radical (unpaired) electrons. The highest BCUT2D eigenvalue weighted by Crippen LogP contribution is 2.24. The molecule has 8 heteroatoms. The molecule has 1 atom stereocenters. The van der Waals surface area contributed by atoms with Crippen molar-refractivity contribution in [1.82, 2.24) is 10.2 Å². The van der Waals surface area contributed by atoms with Crippen LogP contribution in [0.1, 0.15) is 11.1 Å². The summed E-state index contributed by atoms with van der Waals surface area (Å²) < 4.78 is 10.9. The van der Waals surface area contributed by atoms with Gasteiger partial charge in [0.25, 0.3) is 5.91 Å². The minimum atomic E-state index is -0.826. The summed E-state index contributed by atoms with van der Waals surface area (Å²) in [6.45, 7) is -0.228. The molecule has 0 spiro atoms. The predicted octanol–water partition coefficient (Wildman–Crippen LogP) is 3.48. The van der Waals surface area contributed by atoms with Gasteiger partial charge in [0, 0.05) is 19.5 Å². The Morgan fingerprint density at radius 1 is 0.971 bits per heavy atom. The minimum absolute atomic E-state index is 0.0881. The number of methoxy groups -OCH3 is 1. The fourth-order valence-electron chi connectivity index (χ4n) is 3.56. The van der Waals surface area contributed by atoms with E-state index in [1.807, 2.05) is 42.5 Å². The van der Waals surface area contributed by atoms with Gasteiger partial charge < -0.3 is 24.8 Å².